The summed E-state index contributed by atoms with van der Waals surface area (Å²) in [4.78, 5) is 33.5. The smallest absolute Gasteiger partial charge is 0.338 e. The van der Waals surface area contributed by atoms with Crippen LogP contribution in [0.1, 0.15) is 64.0 Å². The molecule has 2 bridgehead atoms. The molecule has 4 aromatic rings. The lowest BCUT2D eigenvalue weighted by atomic mass is 9.88. The van der Waals surface area contributed by atoms with Gasteiger partial charge in [-0.05, 0) is 90.4 Å². The number of carbonyl (C=O) groups excluding carboxylic acids is 2. The van der Waals surface area contributed by atoms with Gasteiger partial charge in [-0.15, -0.1) is 0 Å². The van der Waals surface area contributed by atoms with Crippen LogP contribution in [0.4, 0.5) is 4.39 Å². The number of piperidine rings is 2. The number of esters is 2. The number of pyridine rings is 1. The highest BCUT2D eigenvalue weighted by Crippen LogP contribution is 2.36. The van der Waals surface area contributed by atoms with Crippen molar-refractivity contribution in [1.82, 2.24) is 15.2 Å². The standard InChI is InChI=1S/C39H40Cl2FN3O6/c1-48-34-13-12-27(17-36(34)49-2)35(18-31-32(40)20-43-21-33(31)41)51-38(46)26-10-8-24(9-11-26)19-44-37(28-6-3-7-29(42)16-28)39(47)50-30-15-25-5-4-14-45(22-25)23-30/h3,6-13,16-17,20-21,25,30,35,37,44H,4-5,14-15,18-19,22-23H2,1-2H3/t25?,30-,35-,37?/m1/s1. The quantitative estimate of drug-likeness (QED) is 0.140. The number of nitrogens with zero attached hydrogens (tertiary/aromatic N) is 2. The minimum atomic E-state index is -0.879. The second-order valence-corrected chi connectivity index (χ2v) is 13.7. The van der Waals surface area contributed by atoms with Crippen molar-refractivity contribution in [3.8, 4) is 11.5 Å². The second-order valence-electron chi connectivity index (χ2n) is 12.9. The van der Waals surface area contributed by atoms with Crippen LogP contribution in [0.15, 0.2) is 79.1 Å². The summed E-state index contributed by atoms with van der Waals surface area (Å²) in [5.74, 6) is 0.0779. The highest BCUT2D eigenvalue weighted by molar-refractivity contribution is 6.35. The number of hydrogen-bond acceptors (Lipinski definition) is 9. The minimum absolute atomic E-state index is 0.181. The number of nitrogens with one attached hydrogen (secondary N) is 1. The van der Waals surface area contributed by atoms with E-state index < -0.39 is 29.9 Å². The van der Waals surface area contributed by atoms with Gasteiger partial charge in [0.25, 0.3) is 0 Å². The van der Waals surface area contributed by atoms with Crippen molar-refractivity contribution in [2.45, 2.75) is 50.5 Å². The first-order valence-corrected chi connectivity index (χ1v) is 17.7. The first-order chi connectivity index (χ1) is 24.7. The number of halogens is 3. The summed E-state index contributed by atoms with van der Waals surface area (Å²) in [6, 6.07) is 17.2. The third-order valence-corrected chi connectivity index (χ3v) is 10.1. The Kier molecular flexibility index (Phi) is 12.1. The molecule has 3 unspecified atom stereocenters. The molecule has 5 atom stereocenters. The number of benzene rings is 3. The fourth-order valence-electron chi connectivity index (χ4n) is 6.86. The van der Waals surface area contributed by atoms with Crippen LogP contribution >= 0.6 is 23.2 Å². The Bertz CT molecular complexity index is 1810. The topological polar surface area (TPSA) is 99.2 Å². The summed E-state index contributed by atoms with van der Waals surface area (Å²) in [7, 11) is 3.07. The molecular weight excluding hydrogens is 696 g/mol. The van der Waals surface area contributed by atoms with Crippen LogP contribution in [0, 0.1) is 11.7 Å². The monoisotopic (exact) mass is 735 g/mol. The number of aromatic nitrogens is 1. The number of ether oxygens (including phenoxy) is 4. The molecule has 0 spiro atoms. The van der Waals surface area contributed by atoms with E-state index in [2.05, 4.69) is 15.2 Å². The van der Waals surface area contributed by atoms with Gasteiger partial charge < -0.3 is 18.9 Å². The molecule has 1 aromatic heterocycles. The van der Waals surface area contributed by atoms with Gasteiger partial charge in [0.2, 0.25) is 0 Å². The molecule has 6 rings (SSSR count). The summed E-state index contributed by atoms with van der Waals surface area (Å²) in [6.45, 7) is 3.04. The molecule has 0 saturated carbocycles. The van der Waals surface area contributed by atoms with Gasteiger partial charge in [-0.1, -0.05) is 53.5 Å². The van der Waals surface area contributed by atoms with Gasteiger partial charge in [0.05, 0.1) is 29.8 Å². The SMILES string of the molecule is COc1ccc([C@@H](Cc2c(Cl)cncc2Cl)OC(=O)c2ccc(CNC(C(=O)O[C@@H]3CC4CCCN(C4)C3)c3cccc(F)c3)cc2)cc1OC. The molecule has 2 aliphatic heterocycles. The van der Waals surface area contributed by atoms with E-state index in [1.54, 1.807) is 54.6 Å². The van der Waals surface area contributed by atoms with Crippen LogP contribution in [0.3, 0.4) is 0 Å². The van der Waals surface area contributed by atoms with Gasteiger partial charge in [0, 0.05) is 38.4 Å². The third kappa shape index (κ3) is 9.18. The van der Waals surface area contributed by atoms with Gasteiger partial charge in [-0.3, -0.25) is 15.2 Å². The lowest BCUT2D eigenvalue weighted by Crippen LogP contribution is -2.48. The van der Waals surface area contributed by atoms with Crippen LogP contribution < -0.4 is 14.8 Å². The van der Waals surface area contributed by atoms with Crippen molar-refractivity contribution in [1.29, 1.82) is 0 Å². The molecule has 3 heterocycles. The van der Waals surface area contributed by atoms with E-state index in [4.69, 9.17) is 42.1 Å². The molecule has 3 aromatic carbocycles. The largest absolute Gasteiger partial charge is 0.493 e. The highest BCUT2D eigenvalue weighted by atomic mass is 35.5. The molecular formula is C39H40Cl2FN3O6. The lowest BCUT2D eigenvalue weighted by Gasteiger charge is -2.41. The van der Waals surface area contributed by atoms with Crippen molar-refractivity contribution in [3.63, 3.8) is 0 Å². The van der Waals surface area contributed by atoms with E-state index in [-0.39, 0.29) is 19.1 Å². The molecule has 51 heavy (non-hydrogen) atoms. The van der Waals surface area contributed by atoms with Gasteiger partial charge >= 0.3 is 11.9 Å². The predicted octanol–water partition coefficient (Wildman–Crippen LogP) is 7.54. The Morgan fingerprint density at radius 3 is 2.43 bits per heavy atom. The van der Waals surface area contributed by atoms with Crippen molar-refractivity contribution in [3.05, 3.63) is 123 Å². The molecule has 1 N–H and O–H groups in total. The third-order valence-electron chi connectivity index (χ3n) is 9.43. The summed E-state index contributed by atoms with van der Waals surface area (Å²) in [6.07, 6.45) is 5.32. The normalized spacial score (nSPS) is 19.4. The number of fused-ring (bicyclic) bond motifs is 2. The molecule has 0 aliphatic carbocycles. The Balaban J connectivity index is 1.15. The first kappa shape index (κ1) is 36.6. The van der Waals surface area contributed by atoms with Gasteiger partial charge in [-0.2, -0.15) is 0 Å². The van der Waals surface area contributed by atoms with Crippen LogP contribution in [0.2, 0.25) is 10.0 Å². The van der Waals surface area contributed by atoms with Crippen LogP contribution in [-0.2, 0) is 27.2 Å². The van der Waals surface area contributed by atoms with Crippen molar-refractivity contribution >= 4 is 35.1 Å². The number of methoxy groups -OCH3 is 2. The maximum absolute atomic E-state index is 14.3. The van der Waals surface area contributed by atoms with Gasteiger partial charge in [-0.25, -0.2) is 14.0 Å². The average Bonchev–Trinajstić information content (AvgIpc) is 3.12. The van der Waals surface area contributed by atoms with E-state index >= 15 is 0 Å². The molecule has 2 saturated heterocycles. The Morgan fingerprint density at radius 2 is 1.73 bits per heavy atom. The van der Waals surface area contributed by atoms with Crippen molar-refractivity contribution in [2.24, 2.45) is 5.92 Å². The maximum atomic E-state index is 14.3. The van der Waals surface area contributed by atoms with Crippen molar-refractivity contribution < 1.29 is 32.9 Å². The van der Waals surface area contributed by atoms with Crippen LogP contribution in [0.25, 0.3) is 0 Å². The summed E-state index contributed by atoms with van der Waals surface area (Å²) >= 11 is 12.9. The zero-order valence-electron chi connectivity index (χ0n) is 28.4. The number of rotatable bonds is 13. The summed E-state index contributed by atoms with van der Waals surface area (Å²) < 4.78 is 37.2. The molecule has 2 aliphatic rings. The van der Waals surface area contributed by atoms with Gasteiger partial charge in [0.15, 0.2) is 11.5 Å². The van der Waals surface area contributed by atoms with E-state index in [1.165, 1.54) is 45.2 Å². The zero-order valence-corrected chi connectivity index (χ0v) is 30.0. The molecule has 0 amide bonds. The summed E-state index contributed by atoms with van der Waals surface area (Å²) in [5.41, 5.74) is 2.82. The molecule has 2 fully saturated rings. The Labute approximate surface area is 307 Å². The van der Waals surface area contributed by atoms with E-state index in [0.717, 1.165) is 31.5 Å². The maximum Gasteiger partial charge on any atom is 0.338 e. The fourth-order valence-corrected chi connectivity index (χ4v) is 7.38. The number of carbonyl (C=O) groups is 2. The predicted molar refractivity (Wildman–Crippen MR) is 192 cm³/mol. The van der Waals surface area contributed by atoms with Crippen LogP contribution in [0.5, 0.6) is 11.5 Å². The van der Waals surface area contributed by atoms with Gasteiger partial charge in [0.1, 0.15) is 24.1 Å². The molecule has 268 valence electrons. The zero-order chi connectivity index (χ0) is 35.9. The van der Waals surface area contributed by atoms with E-state index in [9.17, 15) is 14.0 Å². The van der Waals surface area contributed by atoms with Crippen molar-refractivity contribution in [2.75, 3.05) is 33.9 Å². The van der Waals surface area contributed by atoms with Crippen LogP contribution in [-0.4, -0.2) is 61.8 Å². The lowest BCUT2D eigenvalue weighted by molar-refractivity contribution is -0.156. The van der Waals surface area contributed by atoms with E-state index in [1.807, 2.05) is 0 Å². The molecule has 9 nitrogen and oxygen atoms in total. The fraction of sp³-hybridized carbons (Fsp3) is 0.359. The highest BCUT2D eigenvalue weighted by Gasteiger charge is 2.34. The van der Waals surface area contributed by atoms with E-state index in [0.29, 0.717) is 56.3 Å². The molecule has 0 radical (unpaired) electrons. The number of hydrogen-bond donors (Lipinski definition) is 1. The second kappa shape index (κ2) is 16.9. The molecule has 12 heteroatoms. The Morgan fingerprint density at radius 1 is 0.961 bits per heavy atom. The summed E-state index contributed by atoms with van der Waals surface area (Å²) in [5, 5.41) is 3.95. The minimum Gasteiger partial charge on any atom is -0.493 e. The Hall–Kier alpha value is -4.22. The first-order valence-electron chi connectivity index (χ1n) is 16.9. The average molecular weight is 737 g/mol.